The third kappa shape index (κ3) is 3.61. The van der Waals surface area contributed by atoms with Crippen LogP contribution in [0.5, 0.6) is 0 Å². The summed E-state index contributed by atoms with van der Waals surface area (Å²) in [5.74, 6) is 0.669. The minimum Gasteiger partial charge on any atom is -0.345 e. The van der Waals surface area contributed by atoms with Crippen molar-refractivity contribution in [1.82, 2.24) is 5.32 Å². The maximum absolute atomic E-state index is 12.9. The fourth-order valence-corrected chi connectivity index (χ4v) is 4.90. The summed E-state index contributed by atoms with van der Waals surface area (Å²) in [5.41, 5.74) is 3.97. The molecule has 2 aromatic carbocycles. The highest BCUT2D eigenvalue weighted by atomic mass is 32.2. The molecule has 2 aromatic rings. The molecule has 0 aromatic heterocycles. The topological polar surface area (TPSA) is 58.2 Å². The normalized spacial score (nSPS) is 20.7. The fraction of sp³-hybridized carbons (Fsp3) is 0.364. The molecule has 27 heavy (non-hydrogen) atoms. The van der Waals surface area contributed by atoms with Gasteiger partial charge in [0.15, 0.2) is 0 Å². The number of fused-ring (bicyclic) bond motifs is 2. The van der Waals surface area contributed by atoms with E-state index in [0.29, 0.717) is 12.0 Å². The van der Waals surface area contributed by atoms with E-state index in [9.17, 15) is 9.59 Å². The smallest absolute Gasteiger partial charge is 0.251 e. The third-order valence-corrected chi connectivity index (χ3v) is 6.61. The molecule has 2 amide bonds. The number of carbonyl (C=O) groups excluding carboxylic acids is 2. The fourth-order valence-electron chi connectivity index (χ4n) is 3.97. The molecule has 0 fully saturated rings. The number of benzene rings is 2. The van der Waals surface area contributed by atoms with Crippen LogP contribution >= 0.6 is 11.8 Å². The summed E-state index contributed by atoms with van der Waals surface area (Å²) in [5, 5.41) is 6.11. The van der Waals surface area contributed by atoms with Crippen molar-refractivity contribution in [2.75, 3.05) is 11.1 Å². The van der Waals surface area contributed by atoms with Crippen LogP contribution < -0.4 is 10.6 Å². The van der Waals surface area contributed by atoms with Crippen LogP contribution in [-0.4, -0.2) is 17.6 Å². The highest BCUT2D eigenvalue weighted by molar-refractivity contribution is 7.99. The SMILES string of the molecule is CC1(C)CCC(NC(=O)c2ccc3c(c2)NC(=O)CCS3)c2ccccc21. The van der Waals surface area contributed by atoms with Crippen LogP contribution in [-0.2, 0) is 10.2 Å². The molecule has 1 aliphatic carbocycles. The Morgan fingerprint density at radius 3 is 2.89 bits per heavy atom. The standard InChI is InChI=1S/C22H24N2O2S/c1-22(2)11-9-17(15-5-3-4-6-16(15)22)24-21(26)14-7-8-19-18(13-14)23-20(25)10-12-27-19/h3-8,13,17H,9-12H2,1-2H3,(H,23,25)(H,24,26). The van der Waals surface area contributed by atoms with E-state index in [2.05, 4.69) is 42.7 Å². The minimum atomic E-state index is -0.0965. The maximum Gasteiger partial charge on any atom is 0.251 e. The third-order valence-electron chi connectivity index (χ3n) is 5.53. The molecule has 0 spiro atoms. The molecule has 1 aliphatic heterocycles. The lowest BCUT2D eigenvalue weighted by Crippen LogP contribution is -2.35. The van der Waals surface area contributed by atoms with Gasteiger partial charge < -0.3 is 10.6 Å². The first kappa shape index (κ1) is 18.1. The number of rotatable bonds is 2. The molecule has 2 aliphatic rings. The van der Waals surface area contributed by atoms with Crippen LogP contribution in [0.2, 0.25) is 0 Å². The number of hydrogen-bond donors (Lipinski definition) is 2. The molecule has 140 valence electrons. The molecule has 0 saturated heterocycles. The van der Waals surface area contributed by atoms with Gasteiger partial charge in [-0.2, -0.15) is 0 Å². The van der Waals surface area contributed by atoms with Gasteiger partial charge in [0.1, 0.15) is 0 Å². The average molecular weight is 381 g/mol. The largest absolute Gasteiger partial charge is 0.345 e. The van der Waals surface area contributed by atoms with Crippen molar-refractivity contribution in [3.05, 3.63) is 59.2 Å². The Hall–Kier alpha value is -2.27. The summed E-state index contributed by atoms with van der Waals surface area (Å²) in [7, 11) is 0. The molecular weight excluding hydrogens is 356 g/mol. The Labute approximate surface area is 164 Å². The van der Waals surface area contributed by atoms with Gasteiger partial charge in [-0.05, 0) is 47.6 Å². The van der Waals surface area contributed by atoms with Gasteiger partial charge in [-0.25, -0.2) is 0 Å². The molecule has 5 heteroatoms. The first-order valence-electron chi connectivity index (χ1n) is 9.41. The lowest BCUT2D eigenvalue weighted by molar-refractivity contribution is -0.115. The monoisotopic (exact) mass is 380 g/mol. The van der Waals surface area contributed by atoms with Crippen molar-refractivity contribution in [2.24, 2.45) is 0 Å². The van der Waals surface area contributed by atoms with Crippen LogP contribution in [0.1, 0.15) is 60.6 Å². The van der Waals surface area contributed by atoms with Crippen LogP contribution in [0.4, 0.5) is 5.69 Å². The van der Waals surface area contributed by atoms with Crippen LogP contribution in [0.15, 0.2) is 47.4 Å². The second-order valence-corrected chi connectivity index (χ2v) is 9.03. The zero-order valence-corrected chi connectivity index (χ0v) is 16.5. The molecule has 2 N–H and O–H groups in total. The zero-order valence-electron chi connectivity index (χ0n) is 15.7. The lowest BCUT2D eigenvalue weighted by Gasteiger charge is -2.37. The summed E-state index contributed by atoms with van der Waals surface area (Å²) >= 11 is 1.64. The molecule has 4 rings (SSSR count). The van der Waals surface area contributed by atoms with E-state index >= 15 is 0 Å². The average Bonchev–Trinajstić information content (AvgIpc) is 2.84. The predicted octanol–water partition coefficient (Wildman–Crippen LogP) is 4.66. The maximum atomic E-state index is 12.9. The van der Waals surface area contributed by atoms with E-state index in [1.54, 1.807) is 17.8 Å². The van der Waals surface area contributed by atoms with Gasteiger partial charge in [0.2, 0.25) is 5.91 Å². The molecular formula is C22H24N2O2S. The Kier molecular flexibility index (Phi) is 4.72. The van der Waals surface area contributed by atoms with Crippen molar-refractivity contribution >= 4 is 29.3 Å². The number of amides is 2. The summed E-state index contributed by atoms with van der Waals surface area (Å²) in [6.45, 7) is 4.52. The predicted molar refractivity (Wildman–Crippen MR) is 109 cm³/mol. The van der Waals surface area contributed by atoms with E-state index in [0.717, 1.165) is 29.2 Å². The van der Waals surface area contributed by atoms with E-state index < -0.39 is 0 Å². The van der Waals surface area contributed by atoms with Gasteiger partial charge in [0.05, 0.1) is 11.7 Å². The summed E-state index contributed by atoms with van der Waals surface area (Å²) < 4.78 is 0. The van der Waals surface area contributed by atoms with Crippen molar-refractivity contribution < 1.29 is 9.59 Å². The van der Waals surface area contributed by atoms with E-state index in [1.165, 1.54) is 11.1 Å². The summed E-state index contributed by atoms with van der Waals surface area (Å²) in [4.78, 5) is 25.7. The van der Waals surface area contributed by atoms with Gasteiger partial charge in [-0.15, -0.1) is 11.8 Å². The molecule has 1 heterocycles. The van der Waals surface area contributed by atoms with E-state index in [1.807, 2.05) is 18.2 Å². The number of carbonyl (C=O) groups is 2. The van der Waals surface area contributed by atoms with Gasteiger partial charge >= 0.3 is 0 Å². The van der Waals surface area contributed by atoms with Crippen LogP contribution in [0.25, 0.3) is 0 Å². The number of anilines is 1. The van der Waals surface area contributed by atoms with Crippen molar-refractivity contribution in [3.63, 3.8) is 0 Å². The van der Waals surface area contributed by atoms with Gasteiger partial charge in [-0.1, -0.05) is 38.1 Å². The van der Waals surface area contributed by atoms with Gasteiger partial charge in [0, 0.05) is 22.6 Å². The molecule has 0 bridgehead atoms. The Bertz CT molecular complexity index is 907. The summed E-state index contributed by atoms with van der Waals surface area (Å²) in [6.07, 6.45) is 2.45. The second-order valence-electron chi connectivity index (χ2n) is 7.89. The zero-order chi connectivity index (χ0) is 19.0. The highest BCUT2D eigenvalue weighted by Crippen LogP contribution is 2.41. The molecule has 1 unspecified atom stereocenters. The Balaban J connectivity index is 1.57. The molecule has 0 saturated carbocycles. The minimum absolute atomic E-state index is 0.00208. The van der Waals surface area contributed by atoms with E-state index in [4.69, 9.17) is 0 Å². The van der Waals surface area contributed by atoms with E-state index in [-0.39, 0.29) is 23.3 Å². The highest BCUT2D eigenvalue weighted by Gasteiger charge is 2.33. The second kappa shape index (κ2) is 7.04. The van der Waals surface area contributed by atoms with Crippen molar-refractivity contribution in [2.45, 2.75) is 49.5 Å². The molecule has 4 nitrogen and oxygen atoms in total. The van der Waals surface area contributed by atoms with Crippen LogP contribution in [0.3, 0.4) is 0 Å². The number of nitrogens with one attached hydrogen (secondary N) is 2. The molecule has 0 radical (unpaired) electrons. The number of thioether (sulfide) groups is 1. The summed E-state index contributed by atoms with van der Waals surface area (Å²) in [6, 6.07) is 14.0. The first-order valence-corrected chi connectivity index (χ1v) is 10.4. The molecule has 1 atom stereocenters. The quantitative estimate of drug-likeness (QED) is 0.796. The van der Waals surface area contributed by atoms with Gasteiger partial charge in [0.25, 0.3) is 5.91 Å². The van der Waals surface area contributed by atoms with Crippen LogP contribution in [0, 0.1) is 0 Å². The first-order chi connectivity index (χ1) is 12.9. The van der Waals surface area contributed by atoms with Crippen molar-refractivity contribution in [1.29, 1.82) is 0 Å². The Morgan fingerprint density at radius 2 is 2.04 bits per heavy atom. The van der Waals surface area contributed by atoms with Crippen molar-refractivity contribution in [3.8, 4) is 0 Å². The Morgan fingerprint density at radius 1 is 1.22 bits per heavy atom. The number of hydrogen-bond acceptors (Lipinski definition) is 3. The van der Waals surface area contributed by atoms with Gasteiger partial charge in [-0.3, -0.25) is 9.59 Å². The lowest BCUT2D eigenvalue weighted by atomic mass is 9.71.